The zero-order chi connectivity index (χ0) is 14.9. The van der Waals surface area contributed by atoms with E-state index in [4.69, 9.17) is 14.2 Å². The zero-order valence-corrected chi connectivity index (χ0v) is 13.2. The average Bonchev–Trinajstić information content (AvgIpc) is 3.30. The van der Waals surface area contributed by atoms with Crippen LogP contribution in [0.4, 0.5) is 0 Å². The van der Waals surface area contributed by atoms with Gasteiger partial charge in [-0.25, -0.2) is 0 Å². The van der Waals surface area contributed by atoms with Gasteiger partial charge in [-0.15, -0.1) is 0 Å². The van der Waals surface area contributed by atoms with Gasteiger partial charge in [0.2, 0.25) is 0 Å². The maximum absolute atomic E-state index is 5.68. The van der Waals surface area contributed by atoms with Crippen molar-refractivity contribution >= 4 is 0 Å². The summed E-state index contributed by atoms with van der Waals surface area (Å²) in [4.78, 5) is 0. The van der Waals surface area contributed by atoms with Crippen molar-refractivity contribution in [2.45, 2.75) is 39.7 Å². The highest BCUT2D eigenvalue weighted by atomic mass is 16.7. The quantitative estimate of drug-likeness (QED) is 0.502. The molecule has 1 aliphatic carbocycles. The van der Waals surface area contributed by atoms with E-state index in [9.17, 15) is 0 Å². The van der Waals surface area contributed by atoms with Crippen molar-refractivity contribution in [3.05, 3.63) is 23.8 Å². The minimum atomic E-state index is 0.296. The molecule has 1 aromatic rings. The van der Waals surface area contributed by atoms with Crippen molar-refractivity contribution in [1.82, 2.24) is 5.32 Å². The highest BCUT2D eigenvalue weighted by molar-refractivity contribution is 5.43. The van der Waals surface area contributed by atoms with Crippen molar-refractivity contribution in [2.24, 2.45) is 5.92 Å². The molecule has 118 valence electrons. The minimum absolute atomic E-state index is 0.296. The molecule has 0 aliphatic heterocycles. The van der Waals surface area contributed by atoms with Gasteiger partial charge >= 0.3 is 0 Å². The van der Waals surface area contributed by atoms with Gasteiger partial charge in [0.25, 0.3) is 0 Å². The summed E-state index contributed by atoms with van der Waals surface area (Å²) in [6, 6.07) is 6.08. The van der Waals surface area contributed by atoms with Crippen LogP contribution in [-0.4, -0.2) is 26.6 Å². The molecule has 0 atom stereocenters. The van der Waals surface area contributed by atoms with Crippen molar-refractivity contribution in [2.75, 3.05) is 26.6 Å². The summed E-state index contributed by atoms with van der Waals surface area (Å²) >= 11 is 0. The number of hydrogen-bond acceptors (Lipinski definition) is 4. The summed E-state index contributed by atoms with van der Waals surface area (Å²) in [7, 11) is 0. The van der Waals surface area contributed by atoms with Gasteiger partial charge in [0.1, 0.15) is 0 Å². The van der Waals surface area contributed by atoms with Crippen LogP contribution in [0.25, 0.3) is 0 Å². The standard InChI is InChI=1S/C17H27NO3/c1-3-9-18-11-15-7-8-16(17(10-15)20-4-2)21-13-19-12-14-5-6-14/h7-8,10,14,18H,3-6,9,11-13H2,1-2H3. The maximum atomic E-state index is 5.68. The Hall–Kier alpha value is -1.26. The Balaban J connectivity index is 1.84. The Morgan fingerprint density at radius 3 is 2.71 bits per heavy atom. The predicted molar refractivity (Wildman–Crippen MR) is 83.8 cm³/mol. The van der Waals surface area contributed by atoms with E-state index in [0.717, 1.165) is 43.5 Å². The first kappa shape index (κ1) is 16.1. The third-order valence-electron chi connectivity index (χ3n) is 3.41. The molecule has 0 radical (unpaired) electrons. The van der Waals surface area contributed by atoms with E-state index < -0.39 is 0 Å². The number of nitrogens with one attached hydrogen (secondary N) is 1. The summed E-state index contributed by atoms with van der Waals surface area (Å²) in [5.41, 5.74) is 1.21. The van der Waals surface area contributed by atoms with Gasteiger partial charge in [-0.1, -0.05) is 13.0 Å². The van der Waals surface area contributed by atoms with Gasteiger partial charge in [0.05, 0.1) is 13.2 Å². The monoisotopic (exact) mass is 293 g/mol. The minimum Gasteiger partial charge on any atom is -0.490 e. The third-order valence-corrected chi connectivity index (χ3v) is 3.41. The molecule has 1 saturated carbocycles. The lowest BCUT2D eigenvalue weighted by Gasteiger charge is -2.14. The van der Waals surface area contributed by atoms with Crippen LogP contribution >= 0.6 is 0 Å². The first-order valence-electron chi connectivity index (χ1n) is 8.00. The van der Waals surface area contributed by atoms with Gasteiger partial charge < -0.3 is 19.5 Å². The van der Waals surface area contributed by atoms with Crippen LogP contribution in [0.2, 0.25) is 0 Å². The summed E-state index contributed by atoms with van der Waals surface area (Å²) in [5.74, 6) is 2.31. The lowest BCUT2D eigenvalue weighted by atomic mass is 10.2. The van der Waals surface area contributed by atoms with E-state index in [-0.39, 0.29) is 0 Å². The Morgan fingerprint density at radius 2 is 2.00 bits per heavy atom. The average molecular weight is 293 g/mol. The zero-order valence-electron chi connectivity index (χ0n) is 13.2. The lowest BCUT2D eigenvalue weighted by molar-refractivity contribution is 0.00839. The molecule has 4 heteroatoms. The van der Waals surface area contributed by atoms with Gasteiger partial charge in [-0.05, 0) is 56.3 Å². The molecule has 0 amide bonds. The highest BCUT2D eigenvalue weighted by Crippen LogP contribution is 2.30. The molecule has 0 aromatic heterocycles. The summed E-state index contributed by atoms with van der Waals surface area (Å²) in [5, 5.41) is 3.39. The second-order valence-electron chi connectivity index (χ2n) is 5.47. The van der Waals surface area contributed by atoms with Gasteiger partial charge in [-0.2, -0.15) is 0 Å². The van der Waals surface area contributed by atoms with E-state index in [1.54, 1.807) is 0 Å². The van der Waals surface area contributed by atoms with Crippen LogP contribution in [0, 0.1) is 5.92 Å². The summed E-state index contributed by atoms with van der Waals surface area (Å²) in [6.07, 6.45) is 3.73. The van der Waals surface area contributed by atoms with Crippen LogP contribution in [0.3, 0.4) is 0 Å². The van der Waals surface area contributed by atoms with E-state index in [2.05, 4.69) is 18.3 Å². The molecule has 0 unspecified atom stereocenters. The van der Waals surface area contributed by atoms with E-state index in [0.29, 0.717) is 13.4 Å². The maximum Gasteiger partial charge on any atom is 0.189 e. The Kier molecular flexibility index (Phi) is 6.83. The summed E-state index contributed by atoms with van der Waals surface area (Å²) in [6.45, 7) is 7.76. The number of benzene rings is 1. The van der Waals surface area contributed by atoms with Crippen LogP contribution in [0.5, 0.6) is 11.5 Å². The third kappa shape index (κ3) is 5.94. The molecule has 0 spiro atoms. The first-order chi connectivity index (χ1) is 10.3. The molecule has 1 fully saturated rings. The Labute approximate surface area is 127 Å². The number of ether oxygens (including phenoxy) is 3. The fourth-order valence-electron chi connectivity index (χ4n) is 2.06. The van der Waals surface area contributed by atoms with Crippen LogP contribution in [0.1, 0.15) is 38.7 Å². The van der Waals surface area contributed by atoms with Crippen molar-refractivity contribution in [3.63, 3.8) is 0 Å². The molecular formula is C17H27NO3. The van der Waals surface area contributed by atoms with E-state index >= 15 is 0 Å². The number of hydrogen-bond donors (Lipinski definition) is 1. The largest absolute Gasteiger partial charge is 0.490 e. The van der Waals surface area contributed by atoms with Crippen LogP contribution < -0.4 is 14.8 Å². The fourth-order valence-corrected chi connectivity index (χ4v) is 2.06. The molecule has 0 heterocycles. The highest BCUT2D eigenvalue weighted by Gasteiger charge is 2.21. The molecule has 2 rings (SSSR count). The van der Waals surface area contributed by atoms with Gasteiger partial charge in [-0.3, -0.25) is 0 Å². The summed E-state index contributed by atoms with van der Waals surface area (Å²) < 4.78 is 16.9. The van der Waals surface area contributed by atoms with Gasteiger partial charge in [0, 0.05) is 6.54 Å². The smallest absolute Gasteiger partial charge is 0.189 e. The molecule has 1 aliphatic rings. The van der Waals surface area contributed by atoms with Crippen molar-refractivity contribution < 1.29 is 14.2 Å². The normalized spacial score (nSPS) is 14.2. The molecule has 4 nitrogen and oxygen atoms in total. The van der Waals surface area contributed by atoms with Crippen molar-refractivity contribution in [1.29, 1.82) is 0 Å². The molecule has 1 N–H and O–H groups in total. The Morgan fingerprint density at radius 1 is 1.14 bits per heavy atom. The molecule has 21 heavy (non-hydrogen) atoms. The van der Waals surface area contributed by atoms with E-state index in [1.807, 2.05) is 19.1 Å². The lowest BCUT2D eigenvalue weighted by Crippen LogP contribution is -2.14. The molecular weight excluding hydrogens is 266 g/mol. The van der Waals surface area contributed by atoms with Crippen molar-refractivity contribution in [3.8, 4) is 11.5 Å². The molecule has 0 bridgehead atoms. The molecule has 1 aromatic carbocycles. The first-order valence-corrected chi connectivity index (χ1v) is 8.00. The fraction of sp³-hybridized carbons (Fsp3) is 0.647. The second kappa shape index (κ2) is 8.90. The Bertz CT molecular complexity index is 418. The topological polar surface area (TPSA) is 39.7 Å². The number of rotatable bonds is 11. The SMILES string of the molecule is CCCNCc1ccc(OCOCC2CC2)c(OCC)c1. The van der Waals surface area contributed by atoms with Crippen LogP contribution in [0.15, 0.2) is 18.2 Å². The predicted octanol–water partition coefficient (Wildman–Crippen LogP) is 3.35. The van der Waals surface area contributed by atoms with E-state index in [1.165, 1.54) is 18.4 Å². The van der Waals surface area contributed by atoms with Crippen LogP contribution in [-0.2, 0) is 11.3 Å². The second-order valence-corrected chi connectivity index (χ2v) is 5.47. The van der Waals surface area contributed by atoms with Gasteiger partial charge in [0.15, 0.2) is 18.3 Å². The molecule has 0 saturated heterocycles.